The predicted octanol–water partition coefficient (Wildman–Crippen LogP) is 2.03. The molecular weight excluding hydrogens is 415 g/mol. The zero-order valence-corrected chi connectivity index (χ0v) is 16.3. The van der Waals surface area contributed by atoms with Gasteiger partial charge in [-0.2, -0.15) is 28.2 Å². The van der Waals surface area contributed by atoms with Gasteiger partial charge in [-0.25, -0.2) is 14.8 Å². The summed E-state index contributed by atoms with van der Waals surface area (Å²) in [6, 6.07) is 11.9. The summed E-state index contributed by atoms with van der Waals surface area (Å²) in [4.78, 5) is 19.4. The van der Waals surface area contributed by atoms with E-state index in [2.05, 4.69) is 30.8 Å². The largest absolute Gasteiger partial charge is 0.490 e. The number of para-hydroxylation sites is 1. The van der Waals surface area contributed by atoms with E-state index in [0.29, 0.717) is 11.9 Å². The van der Waals surface area contributed by atoms with E-state index < -0.39 is 12.1 Å². The highest BCUT2D eigenvalue weighted by molar-refractivity contribution is 5.73. The van der Waals surface area contributed by atoms with Gasteiger partial charge < -0.3 is 15.7 Å². The molecule has 3 N–H and O–H groups in total. The number of hydrogen-bond donors (Lipinski definition) is 3. The number of carboxylic acid groups (broad SMARTS) is 1. The van der Waals surface area contributed by atoms with Crippen LogP contribution in [0.3, 0.4) is 0 Å². The summed E-state index contributed by atoms with van der Waals surface area (Å²) in [5.41, 5.74) is 2.99. The molecule has 3 aromatic rings. The van der Waals surface area contributed by atoms with Crippen molar-refractivity contribution in [3.05, 3.63) is 60.2 Å². The molecule has 1 aliphatic rings. The lowest BCUT2D eigenvalue weighted by molar-refractivity contribution is -0.192. The van der Waals surface area contributed by atoms with E-state index in [4.69, 9.17) is 9.90 Å². The van der Waals surface area contributed by atoms with Gasteiger partial charge in [-0.15, -0.1) is 0 Å². The van der Waals surface area contributed by atoms with Crippen LogP contribution in [0.5, 0.6) is 0 Å². The third-order valence-electron chi connectivity index (χ3n) is 4.31. The monoisotopic (exact) mass is 435 g/mol. The SMILES string of the molecule is O=C(O)C(F)(F)F.c1ccc(-n2ncc(CCNc3nccc(C4CNC4)n3)n2)cc1. The van der Waals surface area contributed by atoms with E-state index in [1.807, 2.05) is 42.6 Å². The molecule has 0 amide bonds. The lowest BCUT2D eigenvalue weighted by Gasteiger charge is -2.26. The fourth-order valence-corrected chi connectivity index (χ4v) is 2.58. The zero-order chi connectivity index (χ0) is 22.3. The van der Waals surface area contributed by atoms with Crippen LogP contribution in [-0.2, 0) is 11.2 Å². The quantitative estimate of drug-likeness (QED) is 0.538. The molecule has 31 heavy (non-hydrogen) atoms. The van der Waals surface area contributed by atoms with Crippen molar-refractivity contribution in [1.29, 1.82) is 0 Å². The fraction of sp³-hybridized carbons (Fsp3) is 0.316. The van der Waals surface area contributed by atoms with Gasteiger partial charge in [-0.1, -0.05) is 18.2 Å². The Labute approximate surface area is 175 Å². The van der Waals surface area contributed by atoms with Gasteiger partial charge in [0.15, 0.2) is 0 Å². The molecule has 0 saturated carbocycles. The van der Waals surface area contributed by atoms with Crippen LogP contribution in [0.25, 0.3) is 5.69 Å². The van der Waals surface area contributed by atoms with E-state index in [0.717, 1.165) is 43.1 Å². The number of nitrogens with one attached hydrogen (secondary N) is 2. The van der Waals surface area contributed by atoms with Gasteiger partial charge in [0, 0.05) is 38.2 Å². The van der Waals surface area contributed by atoms with Crippen LogP contribution < -0.4 is 10.6 Å². The molecule has 12 heteroatoms. The molecule has 0 unspecified atom stereocenters. The summed E-state index contributed by atoms with van der Waals surface area (Å²) in [5, 5.41) is 22.5. The van der Waals surface area contributed by atoms with Crippen molar-refractivity contribution in [1.82, 2.24) is 30.3 Å². The lowest BCUT2D eigenvalue weighted by atomic mass is 9.99. The number of nitrogens with zero attached hydrogens (tertiary/aromatic N) is 5. The smallest absolute Gasteiger partial charge is 0.475 e. The Bertz CT molecular complexity index is 991. The topological polar surface area (TPSA) is 118 Å². The summed E-state index contributed by atoms with van der Waals surface area (Å²) >= 11 is 0. The minimum Gasteiger partial charge on any atom is -0.475 e. The second-order valence-electron chi connectivity index (χ2n) is 6.60. The fourth-order valence-electron chi connectivity index (χ4n) is 2.58. The normalized spacial score (nSPS) is 13.6. The Balaban J connectivity index is 0.000000339. The van der Waals surface area contributed by atoms with Crippen LogP contribution >= 0.6 is 0 Å². The number of rotatable bonds is 6. The Kier molecular flexibility index (Phi) is 7.13. The first-order valence-corrected chi connectivity index (χ1v) is 9.37. The molecule has 0 spiro atoms. The molecule has 9 nitrogen and oxygen atoms in total. The number of aliphatic carboxylic acids is 1. The van der Waals surface area contributed by atoms with Crippen LogP contribution in [0.2, 0.25) is 0 Å². The number of carbonyl (C=O) groups is 1. The number of carboxylic acids is 1. The molecule has 0 radical (unpaired) electrons. The highest BCUT2D eigenvalue weighted by atomic mass is 19.4. The molecule has 1 aliphatic heterocycles. The molecule has 2 aromatic heterocycles. The molecule has 3 heterocycles. The van der Waals surface area contributed by atoms with Crippen molar-refractivity contribution in [2.75, 3.05) is 25.0 Å². The van der Waals surface area contributed by atoms with Gasteiger partial charge >= 0.3 is 12.1 Å². The number of hydrogen-bond acceptors (Lipinski definition) is 7. The van der Waals surface area contributed by atoms with E-state index in [-0.39, 0.29) is 0 Å². The Hall–Kier alpha value is -3.54. The predicted molar refractivity (Wildman–Crippen MR) is 105 cm³/mol. The van der Waals surface area contributed by atoms with Crippen LogP contribution in [0, 0.1) is 0 Å². The maximum absolute atomic E-state index is 10.6. The zero-order valence-electron chi connectivity index (χ0n) is 16.3. The van der Waals surface area contributed by atoms with Crippen LogP contribution in [0.15, 0.2) is 48.8 Å². The third kappa shape index (κ3) is 6.47. The van der Waals surface area contributed by atoms with Gasteiger partial charge in [0.1, 0.15) is 0 Å². The van der Waals surface area contributed by atoms with Crippen LogP contribution in [-0.4, -0.2) is 61.8 Å². The molecule has 1 aromatic carbocycles. The maximum atomic E-state index is 10.6. The lowest BCUT2D eigenvalue weighted by Crippen LogP contribution is -2.40. The van der Waals surface area contributed by atoms with Crippen LogP contribution in [0.1, 0.15) is 17.3 Å². The molecule has 1 saturated heterocycles. The Morgan fingerprint density at radius 3 is 2.55 bits per heavy atom. The summed E-state index contributed by atoms with van der Waals surface area (Å²) in [6.45, 7) is 2.72. The minimum atomic E-state index is -5.08. The van der Waals surface area contributed by atoms with Crippen molar-refractivity contribution in [3.8, 4) is 5.69 Å². The van der Waals surface area contributed by atoms with Crippen molar-refractivity contribution in [3.63, 3.8) is 0 Å². The van der Waals surface area contributed by atoms with Crippen LogP contribution in [0.4, 0.5) is 19.1 Å². The Morgan fingerprint density at radius 1 is 1.23 bits per heavy atom. The third-order valence-corrected chi connectivity index (χ3v) is 4.31. The number of benzene rings is 1. The first kappa shape index (κ1) is 22.2. The van der Waals surface area contributed by atoms with Gasteiger partial charge in [-0.3, -0.25) is 0 Å². The number of anilines is 1. The van der Waals surface area contributed by atoms with Gasteiger partial charge in [0.25, 0.3) is 0 Å². The van der Waals surface area contributed by atoms with Crippen molar-refractivity contribution in [2.45, 2.75) is 18.5 Å². The first-order valence-electron chi connectivity index (χ1n) is 9.37. The summed E-state index contributed by atoms with van der Waals surface area (Å²) in [5.74, 6) is -1.57. The molecule has 164 valence electrons. The maximum Gasteiger partial charge on any atom is 0.490 e. The highest BCUT2D eigenvalue weighted by Crippen LogP contribution is 2.17. The minimum absolute atomic E-state index is 0.513. The first-order chi connectivity index (χ1) is 14.8. The van der Waals surface area contributed by atoms with E-state index in [9.17, 15) is 13.2 Å². The number of alkyl halides is 3. The average Bonchev–Trinajstić information content (AvgIpc) is 3.16. The summed E-state index contributed by atoms with van der Waals surface area (Å²) in [6.07, 6.45) is -0.702. The van der Waals surface area contributed by atoms with Crippen molar-refractivity contribution < 1.29 is 23.1 Å². The number of halogens is 3. The summed E-state index contributed by atoms with van der Waals surface area (Å²) in [7, 11) is 0. The van der Waals surface area contributed by atoms with E-state index in [1.54, 1.807) is 11.0 Å². The molecule has 0 aliphatic carbocycles. The molecule has 0 bridgehead atoms. The molecule has 1 fully saturated rings. The highest BCUT2D eigenvalue weighted by Gasteiger charge is 2.38. The molecular formula is C19H20F3N7O2. The Morgan fingerprint density at radius 2 is 1.94 bits per heavy atom. The van der Waals surface area contributed by atoms with Crippen molar-refractivity contribution in [2.24, 2.45) is 0 Å². The second kappa shape index (κ2) is 9.98. The van der Waals surface area contributed by atoms with E-state index >= 15 is 0 Å². The van der Waals surface area contributed by atoms with Gasteiger partial charge in [-0.05, 0) is 18.2 Å². The summed E-state index contributed by atoms with van der Waals surface area (Å²) < 4.78 is 31.7. The molecule has 0 atom stereocenters. The standard InChI is InChI=1S/C17H19N7.C2HF3O2/c1-2-4-15(5-3-1)24-21-12-14(23-24)6-8-19-17-20-9-7-16(22-17)13-10-18-11-13;3-2(4,5)1(6)7/h1-5,7,9,12-13,18H,6,8,10-11H2,(H,19,20,22);(H,6,7). The van der Waals surface area contributed by atoms with E-state index in [1.165, 1.54) is 0 Å². The van der Waals surface area contributed by atoms with Crippen molar-refractivity contribution >= 4 is 11.9 Å². The molecule has 4 rings (SSSR count). The average molecular weight is 435 g/mol. The second-order valence-corrected chi connectivity index (χ2v) is 6.60. The number of aromatic nitrogens is 5. The van der Waals surface area contributed by atoms with Gasteiger partial charge in [0.05, 0.1) is 23.3 Å². The van der Waals surface area contributed by atoms with Gasteiger partial charge in [0.2, 0.25) is 5.95 Å².